The van der Waals surface area contributed by atoms with E-state index in [1.807, 2.05) is 19.1 Å². The van der Waals surface area contributed by atoms with Gasteiger partial charge in [0.1, 0.15) is 11.6 Å². The Morgan fingerprint density at radius 1 is 1.37 bits per heavy atom. The van der Waals surface area contributed by atoms with Crippen LogP contribution < -0.4 is 10.6 Å². The molecular formula is C12H14N6O. The third-order valence-electron chi connectivity index (χ3n) is 2.86. The molecule has 19 heavy (non-hydrogen) atoms. The molecule has 3 rings (SSSR count). The first-order valence-corrected chi connectivity index (χ1v) is 5.96. The second-order valence-electron chi connectivity index (χ2n) is 4.16. The summed E-state index contributed by atoms with van der Waals surface area (Å²) in [6, 6.07) is 3.79. The van der Waals surface area contributed by atoms with Crippen molar-refractivity contribution in [3.05, 3.63) is 30.4 Å². The van der Waals surface area contributed by atoms with Gasteiger partial charge in [-0.25, -0.2) is 0 Å². The number of hydrogen-bond donors (Lipinski definition) is 3. The maximum Gasteiger partial charge on any atom is 0.226 e. The fraction of sp³-hybridized carbons (Fsp3) is 0.250. The molecule has 0 saturated heterocycles. The van der Waals surface area contributed by atoms with Gasteiger partial charge in [-0.3, -0.25) is 5.10 Å². The summed E-state index contributed by atoms with van der Waals surface area (Å²) in [4.78, 5) is 8.69. The van der Waals surface area contributed by atoms with E-state index in [4.69, 9.17) is 4.42 Å². The van der Waals surface area contributed by atoms with Crippen LogP contribution in [0.25, 0.3) is 11.0 Å². The van der Waals surface area contributed by atoms with E-state index in [0.717, 1.165) is 11.1 Å². The van der Waals surface area contributed by atoms with Crippen LogP contribution in [0.1, 0.15) is 18.7 Å². The van der Waals surface area contributed by atoms with Gasteiger partial charge in [-0.05, 0) is 19.1 Å². The van der Waals surface area contributed by atoms with Gasteiger partial charge in [0.05, 0.1) is 23.9 Å². The number of aromatic amines is 1. The lowest BCUT2D eigenvalue weighted by molar-refractivity contribution is 0.490. The van der Waals surface area contributed by atoms with E-state index in [1.54, 1.807) is 19.5 Å². The molecule has 0 amide bonds. The summed E-state index contributed by atoms with van der Waals surface area (Å²) < 4.78 is 5.37. The molecular weight excluding hydrogens is 244 g/mol. The Hall–Kier alpha value is -2.57. The SMILES string of the molecule is CNc1nc(NC(C)c2ccco2)c2cn[nH]c2n1. The number of nitrogens with one attached hydrogen (secondary N) is 3. The van der Waals surface area contributed by atoms with Crippen LogP contribution in [-0.4, -0.2) is 27.2 Å². The molecule has 7 heteroatoms. The summed E-state index contributed by atoms with van der Waals surface area (Å²) >= 11 is 0. The van der Waals surface area contributed by atoms with Crippen molar-refractivity contribution in [3.8, 4) is 0 Å². The minimum Gasteiger partial charge on any atom is -0.467 e. The number of nitrogens with zero attached hydrogens (tertiary/aromatic N) is 3. The molecule has 0 aliphatic carbocycles. The maximum atomic E-state index is 5.37. The Labute approximate surface area is 109 Å². The van der Waals surface area contributed by atoms with Gasteiger partial charge in [0.15, 0.2) is 5.65 Å². The predicted octanol–water partition coefficient (Wildman–Crippen LogP) is 2.16. The van der Waals surface area contributed by atoms with Crippen molar-refractivity contribution < 1.29 is 4.42 Å². The number of H-pyrrole nitrogens is 1. The number of aromatic nitrogens is 4. The molecule has 0 bridgehead atoms. The quantitative estimate of drug-likeness (QED) is 0.664. The highest BCUT2D eigenvalue weighted by molar-refractivity contribution is 5.87. The van der Waals surface area contributed by atoms with Crippen LogP contribution >= 0.6 is 0 Å². The van der Waals surface area contributed by atoms with Crippen LogP contribution in [0, 0.1) is 0 Å². The summed E-state index contributed by atoms with van der Waals surface area (Å²) in [5.41, 5.74) is 0.688. The van der Waals surface area contributed by atoms with Gasteiger partial charge in [0, 0.05) is 7.05 Å². The van der Waals surface area contributed by atoms with E-state index in [-0.39, 0.29) is 6.04 Å². The Kier molecular flexibility index (Phi) is 2.79. The topological polar surface area (TPSA) is 91.7 Å². The second-order valence-corrected chi connectivity index (χ2v) is 4.16. The van der Waals surface area contributed by atoms with Crippen LogP contribution in [0.2, 0.25) is 0 Å². The van der Waals surface area contributed by atoms with E-state index in [2.05, 4.69) is 30.8 Å². The third-order valence-corrected chi connectivity index (χ3v) is 2.86. The average Bonchev–Trinajstić information content (AvgIpc) is 3.09. The molecule has 0 aromatic carbocycles. The number of anilines is 2. The van der Waals surface area contributed by atoms with Gasteiger partial charge >= 0.3 is 0 Å². The van der Waals surface area contributed by atoms with Crippen molar-refractivity contribution in [2.45, 2.75) is 13.0 Å². The fourth-order valence-electron chi connectivity index (χ4n) is 1.87. The fourth-order valence-corrected chi connectivity index (χ4v) is 1.87. The van der Waals surface area contributed by atoms with Crippen molar-refractivity contribution in [3.63, 3.8) is 0 Å². The Balaban J connectivity index is 1.97. The molecule has 1 atom stereocenters. The predicted molar refractivity (Wildman–Crippen MR) is 72.0 cm³/mol. The monoisotopic (exact) mass is 258 g/mol. The van der Waals surface area contributed by atoms with Gasteiger partial charge in [0.25, 0.3) is 0 Å². The third kappa shape index (κ3) is 2.10. The number of fused-ring (bicyclic) bond motifs is 1. The number of rotatable bonds is 4. The molecule has 0 aliphatic heterocycles. The summed E-state index contributed by atoms with van der Waals surface area (Å²) in [6.07, 6.45) is 3.35. The molecule has 3 N–H and O–H groups in total. The van der Waals surface area contributed by atoms with E-state index in [1.165, 1.54) is 0 Å². The van der Waals surface area contributed by atoms with E-state index >= 15 is 0 Å². The zero-order valence-electron chi connectivity index (χ0n) is 10.6. The lowest BCUT2D eigenvalue weighted by Gasteiger charge is -2.13. The van der Waals surface area contributed by atoms with Gasteiger partial charge in [-0.15, -0.1) is 0 Å². The van der Waals surface area contributed by atoms with Crippen molar-refractivity contribution in [2.24, 2.45) is 0 Å². The van der Waals surface area contributed by atoms with Crippen LogP contribution in [0.3, 0.4) is 0 Å². The minimum atomic E-state index is 0.00714. The van der Waals surface area contributed by atoms with Gasteiger partial charge in [-0.1, -0.05) is 0 Å². The van der Waals surface area contributed by atoms with Crippen LogP contribution in [0.4, 0.5) is 11.8 Å². The molecule has 98 valence electrons. The Bertz CT molecular complexity index is 675. The van der Waals surface area contributed by atoms with Crippen LogP contribution in [0.5, 0.6) is 0 Å². The first-order chi connectivity index (χ1) is 9.28. The van der Waals surface area contributed by atoms with Crippen molar-refractivity contribution in [2.75, 3.05) is 17.7 Å². The first-order valence-electron chi connectivity index (χ1n) is 5.96. The van der Waals surface area contributed by atoms with Crippen molar-refractivity contribution in [1.29, 1.82) is 0 Å². The molecule has 3 aromatic rings. The maximum absolute atomic E-state index is 5.37. The zero-order valence-corrected chi connectivity index (χ0v) is 10.6. The standard InChI is InChI=1S/C12H14N6O/c1-7(9-4-3-5-19-9)15-10-8-6-14-18-11(8)17-12(13-2)16-10/h3-7H,1-2H3,(H3,13,14,15,16,17,18). The van der Waals surface area contributed by atoms with E-state index < -0.39 is 0 Å². The largest absolute Gasteiger partial charge is 0.467 e. The normalized spacial score (nSPS) is 12.5. The van der Waals surface area contributed by atoms with E-state index in [0.29, 0.717) is 17.4 Å². The molecule has 0 saturated carbocycles. The second kappa shape index (κ2) is 4.60. The lowest BCUT2D eigenvalue weighted by Crippen LogP contribution is -2.09. The molecule has 7 nitrogen and oxygen atoms in total. The Morgan fingerprint density at radius 2 is 2.26 bits per heavy atom. The molecule has 0 spiro atoms. The van der Waals surface area contributed by atoms with Crippen molar-refractivity contribution in [1.82, 2.24) is 20.2 Å². The molecule has 1 unspecified atom stereocenters. The van der Waals surface area contributed by atoms with Crippen LogP contribution in [-0.2, 0) is 0 Å². The van der Waals surface area contributed by atoms with Gasteiger partial charge < -0.3 is 15.1 Å². The summed E-state index contributed by atoms with van der Waals surface area (Å²) in [6.45, 7) is 2.01. The first kappa shape index (κ1) is 11.5. The smallest absolute Gasteiger partial charge is 0.226 e. The summed E-state index contributed by atoms with van der Waals surface area (Å²) in [5.74, 6) is 2.10. The van der Waals surface area contributed by atoms with E-state index in [9.17, 15) is 0 Å². The molecule has 3 aromatic heterocycles. The van der Waals surface area contributed by atoms with Crippen LogP contribution in [0.15, 0.2) is 29.0 Å². The number of furan rings is 1. The average molecular weight is 258 g/mol. The number of hydrogen-bond acceptors (Lipinski definition) is 6. The molecule has 0 radical (unpaired) electrons. The van der Waals surface area contributed by atoms with Crippen molar-refractivity contribution >= 4 is 22.8 Å². The Morgan fingerprint density at radius 3 is 3.00 bits per heavy atom. The minimum absolute atomic E-state index is 0.00714. The lowest BCUT2D eigenvalue weighted by atomic mass is 10.2. The summed E-state index contributed by atoms with van der Waals surface area (Å²) in [5, 5.41) is 13.9. The molecule has 0 fully saturated rings. The highest BCUT2D eigenvalue weighted by atomic mass is 16.3. The highest BCUT2D eigenvalue weighted by Gasteiger charge is 2.13. The highest BCUT2D eigenvalue weighted by Crippen LogP contribution is 2.24. The van der Waals surface area contributed by atoms with Gasteiger partial charge in [0.2, 0.25) is 5.95 Å². The van der Waals surface area contributed by atoms with Gasteiger partial charge in [-0.2, -0.15) is 15.1 Å². The molecule has 3 heterocycles. The zero-order chi connectivity index (χ0) is 13.2. The molecule has 0 aliphatic rings. The summed E-state index contributed by atoms with van der Waals surface area (Å²) in [7, 11) is 1.78.